The summed E-state index contributed by atoms with van der Waals surface area (Å²) < 4.78 is 39.2. The first-order chi connectivity index (χ1) is 13.8. The van der Waals surface area contributed by atoms with E-state index in [9.17, 15) is 22.4 Å². The van der Waals surface area contributed by atoms with Gasteiger partial charge in [-0.1, -0.05) is 24.1 Å². The summed E-state index contributed by atoms with van der Waals surface area (Å²) in [5.41, 5.74) is 0.829. The fourth-order valence-corrected chi connectivity index (χ4v) is 3.33. The number of hydrogen-bond donors (Lipinski definition) is 3. The molecule has 3 N–H and O–H groups in total. The Kier molecular flexibility index (Phi) is 7.88. The number of benzene rings is 2. The Morgan fingerprint density at radius 3 is 2.41 bits per heavy atom. The van der Waals surface area contributed by atoms with Crippen LogP contribution in [0.25, 0.3) is 0 Å². The quantitative estimate of drug-likeness (QED) is 0.415. The molecule has 2 aromatic carbocycles. The van der Waals surface area contributed by atoms with Gasteiger partial charge < -0.3 is 10.6 Å². The average Bonchev–Trinajstić information content (AvgIpc) is 2.71. The third-order valence-corrected chi connectivity index (χ3v) is 5.18. The lowest BCUT2D eigenvalue weighted by atomic mass is 10.1. The Morgan fingerprint density at radius 2 is 1.72 bits per heavy atom. The number of rotatable bonds is 9. The van der Waals surface area contributed by atoms with Crippen LogP contribution in [0.4, 0.5) is 4.39 Å². The Bertz CT molecular complexity index is 1010. The number of halogens is 1. The van der Waals surface area contributed by atoms with Crippen molar-refractivity contribution >= 4 is 21.8 Å². The van der Waals surface area contributed by atoms with Crippen LogP contribution < -0.4 is 15.4 Å². The predicted octanol–water partition coefficient (Wildman–Crippen LogP) is 0.826. The number of carbonyl (C=O) groups excluding carboxylic acids is 2. The Morgan fingerprint density at radius 1 is 1.03 bits per heavy atom. The van der Waals surface area contributed by atoms with E-state index in [1.807, 2.05) is 0 Å². The van der Waals surface area contributed by atoms with Crippen LogP contribution in [-0.2, 0) is 21.2 Å². The van der Waals surface area contributed by atoms with E-state index in [1.54, 1.807) is 0 Å². The molecule has 0 spiro atoms. The minimum Gasteiger partial charge on any atom is -0.354 e. The van der Waals surface area contributed by atoms with Crippen LogP contribution >= 0.6 is 0 Å². The lowest BCUT2D eigenvalue weighted by Gasteiger charge is -2.09. The number of sulfonamides is 1. The second kappa shape index (κ2) is 10.4. The van der Waals surface area contributed by atoms with Gasteiger partial charge in [-0.05, 0) is 35.9 Å². The van der Waals surface area contributed by atoms with Crippen molar-refractivity contribution in [2.45, 2.75) is 11.3 Å². The first kappa shape index (κ1) is 22.1. The van der Waals surface area contributed by atoms with Gasteiger partial charge in [0.2, 0.25) is 15.9 Å². The van der Waals surface area contributed by atoms with Crippen LogP contribution in [0.3, 0.4) is 0 Å². The van der Waals surface area contributed by atoms with Gasteiger partial charge in [-0.3, -0.25) is 9.59 Å². The minimum atomic E-state index is -3.80. The van der Waals surface area contributed by atoms with Crippen molar-refractivity contribution < 1.29 is 22.4 Å². The zero-order chi connectivity index (χ0) is 21.3. The molecule has 0 aliphatic heterocycles. The molecule has 7 nitrogen and oxygen atoms in total. The fourth-order valence-electron chi connectivity index (χ4n) is 2.35. The molecule has 0 atom stereocenters. The summed E-state index contributed by atoms with van der Waals surface area (Å²) in [7, 11) is -3.80. The SMILES string of the molecule is C#CCNS(=O)(=O)c1cccc(C(=O)NCCNC(=O)Cc2ccc(F)cc2)c1. The zero-order valence-corrected chi connectivity index (χ0v) is 16.3. The van der Waals surface area contributed by atoms with E-state index in [-0.39, 0.29) is 48.2 Å². The standard InChI is InChI=1S/C20H20FN3O4S/c1-2-10-24-29(27,28)18-5-3-4-16(14-18)20(26)23-12-11-22-19(25)13-15-6-8-17(21)9-7-15/h1,3-9,14,24H,10-13H2,(H,22,25)(H,23,26). The fraction of sp³-hybridized carbons (Fsp3) is 0.200. The maximum atomic E-state index is 12.8. The van der Waals surface area contributed by atoms with E-state index in [2.05, 4.69) is 21.3 Å². The summed E-state index contributed by atoms with van der Waals surface area (Å²) in [6.07, 6.45) is 5.14. The maximum Gasteiger partial charge on any atom is 0.251 e. The summed E-state index contributed by atoms with van der Waals surface area (Å²) in [6, 6.07) is 11.1. The summed E-state index contributed by atoms with van der Waals surface area (Å²) in [5.74, 6) is 1.05. The Labute approximate surface area is 168 Å². The highest BCUT2D eigenvalue weighted by atomic mass is 32.2. The van der Waals surface area contributed by atoms with Gasteiger partial charge >= 0.3 is 0 Å². The Balaban J connectivity index is 1.82. The first-order valence-corrected chi connectivity index (χ1v) is 10.1. The summed E-state index contributed by atoms with van der Waals surface area (Å²) in [4.78, 5) is 24.0. The molecule has 152 valence electrons. The van der Waals surface area contributed by atoms with E-state index >= 15 is 0 Å². The molecule has 29 heavy (non-hydrogen) atoms. The van der Waals surface area contributed by atoms with Crippen LogP contribution in [0.5, 0.6) is 0 Å². The van der Waals surface area contributed by atoms with Gasteiger partial charge in [0.05, 0.1) is 17.9 Å². The molecule has 2 aromatic rings. The second-order valence-electron chi connectivity index (χ2n) is 5.97. The van der Waals surface area contributed by atoms with Crippen molar-refractivity contribution in [2.75, 3.05) is 19.6 Å². The van der Waals surface area contributed by atoms with Crippen LogP contribution in [-0.4, -0.2) is 39.9 Å². The van der Waals surface area contributed by atoms with Gasteiger partial charge in [0, 0.05) is 18.7 Å². The highest BCUT2D eigenvalue weighted by Crippen LogP contribution is 2.11. The average molecular weight is 417 g/mol. The van der Waals surface area contributed by atoms with Crippen molar-refractivity contribution in [1.82, 2.24) is 15.4 Å². The van der Waals surface area contributed by atoms with Crippen molar-refractivity contribution in [3.63, 3.8) is 0 Å². The molecule has 0 aliphatic carbocycles. The first-order valence-electron chi connectivity index (χ1n) is 8.64. The molecule has 0 fully saturated rings. The third-order valence-electron chi connectivity index (χ3n) is 3.78. The molecule has 0 heterocycles. The normalized spacial score (nSPS) is 10.8. The van der Waals surface area contributed by atoms with Gasteiger partial charge in [-0.2, -0.15) is 4.72 Å². The van der Waals surface area contributed by atoms with Gasteiger partial charge in [-0.15, -0.1) is 6.42 Å². The molecule has 0 unspecified atom stereocenters. The Hall–Kier alpha value is -3.22. The van der Waals surface area contributed by atoms with Crippen molar-refractivity contribution in [3.05, 3.63) is 65.5 Å². The molecule has 0 saturated carbocycles. The second-order valence-corrected chi connectivity index (χ2v) is 7.73. The van der Waals surface area contributed by atoms with E-state index in [4.69, 9.17) is 6.42 Å². The molecule has 0 aromatic heterocycles. The van der Waals surface area contributed by atoms with Gasteiger partial charge in [0.25, 0.3) is 5.91 Å². The third kappa shape index (κ3) is 7.03. The molecule has 0 radical (unpaired) electrons. The number of terminal acetylenes is 1. The molecule has 0 saturated heterocycles. The van der Waals surface area contributed by atoms with Crippen LogP contribution in [0, 0.1) is 18.2 Å². The molecular weight excluding hydrogens is 397 g/mol. The highest BCUT2D eigenvalue weighted by molar-refractivity contribution is 7.89. The van der Waals surface area contributed by atoms with Gasteiger partial charge in [-0.25, -0.2) is 12.8 Å². The van der Waals surface area contributed by atoms with Crippen molar-refractivity contribution in [1.29, 1.82) is 0 Å². The highest BCUT2D eigenvalue weighted by Gasteiger charge is 2.15. The topological polar surface area (TPSA) is 104 Å². The van der Waals surface area contributed by atoms with E-state index < -0.39 is 15.9 Å². The molecule has 2 amide bonds. The lowest BCUT2D eigenvalue weighted by Crippen LogP contribution is -2.35. The maximum absolute atomic E-state index is 12.8. The molecular formula is C20H20FN3O4S. The van der Waals surface area contributed by atoms with Crippen LogP contribution in [0.15, 0.2) is 53.4 Å². The molecule has 0 aliphatic rings. The van der Waals surface area contributed by atoms with Crippen LogP contribution in [0.2, 0.25) is 0 Å². The van der Waals surface area contributed by atoms with Crippen molar-refractivity contribution in [3.8, 4) is 12.3 Å². The predicted molar refractivity (Wildman–Crippen MR) is 106 cm³/mol. The van der Waals surface area contributed by atoms with E-state index in [1.165, 1.54) is 48.5 Å². The molecule has 9 heteroatoms. The molecule has 2 rings (SSSR count). The van der Waals surface area contributed by atoms with Crippen molar-refractivity contribution in [2.24, 2.45) is 0 Å². The number of carbonyl (C=O) groups is 2. The lowest BCUT2D eigenvalue weighted by molar-refractivity contribution is -0.120. The number of amides is 2. The number of hydrogen-bond acceptors (Lipinski definition) is 4. The van der Waals surface area contributed by atoms with E-state index in [0.717, 1.165) is 0 Å². The van der Waals surface area contributed by atoms with Gasteiger partial charge in [0.15, 0.2) is 0 Å². The van der Waals surface area contributed by atoms with Crippen LogP contribution in [0.1, 0.15) is 15.9 Å². The van der Waals surface area contributed by atoms with E-state index in [0.29, 0.717) is 5.56 Å². The molecule has 0 bridgehead atoms. The minimum absolute atomic E-state index is 0.0759. The largest absolute Gasteiger partial charge is 0.354 e. The number of nitrogens with one attached hydrogen (secondary N) is 3. The smallest absolute Gasteiger partial charge is 0.251 e. The zero-order valence-electron chi connectivity index (χ0n) is 15.4. The monoisotopic (exact) mass is 417 g/mol. The summed E-state index contributed by atoms with van der Waals surface area (Å²) in [5, 5.41) is 5.24. The summed E-state index contributed by atoms with van der Waals surface area (Å²) >= 11 is 0. The van der Waals surface area contributed by atoms with Gasteiger partial charge in [0.1, 0.15) is 5.82 Å². The summed E-state index contributed by atoms with van der Waals surface area (Å²) in [6.45, 7) is 0.185.